The van der Waals surface area contributed by atoms with Gasteiger partial charge in [0.2, 0.25) is 0 Å². The van der Waals surface area contributed by atoms with Crippen molar-refractivity contribution in [3.63, 3.8) is 0 Å². The van der Waals surface area contributed by atoms with E-state index in [0.29, 0.717) is 27.9 Å². The molecule has 0 amide bonds. The van der Waals surface area contributed by atoms with Crippen molar-refractivity contribution in [1.29, 1.82) is 0 Å². The molecule has 1 rings (SSSR count). The monoisotopic (exact) mass is 255 g/mol. The Bertz CT molecular complexity index is 613. The van der Waals surface area contributed by atoms with Gasteiger partial charge in [-0.1, -0.05) is 5.92 Å². The molecule has 17 heavy (non-hydrogen) atoms. The van der Waals surface area contributed by atoms with Gasteiger partial charge in [0.25, 0.3) is 0 Å². The predicted octanol–water partition coefficient (Wildman–Crippen LogP) is 1.97. The lowest BCUT2D eigenvalue weighted by Crippen LogP contribution is -2.08. The van der Waals surface area contributed by atoms with E-state index in [4.69, 9.17) is 12.2 Å². The normalized spacial score (nSPS) is 11.2. The van der Waals surface area contributed by atoms with Crippen LogP contribution in [0.5, 0.6) is 0 Å². The Morgan fingerprint density at radius 3 is 2.18 bits per heavy atom. The average Bonchev–Trinajstić information content (AvgIpc) is 2.21. The van der Waals surface area contributed by atoms with Gasteiger partial charge in [-0.15, -0.1) is 10.3 Å². The Balaban J connectivity index is 3.63. The molecule has 0 fully saturated rings. The van der Waals surface area contributed by atoms with Crippen LogP contribution in [0.1, 0.15) is 27.8 Å². The molecule has 3 nitrogen and oxygen atoms in total. The molecule has 0 saturated heterocycles. The van der Waals surface area contributed by atoms with Crippen molar-refractivity contribution in [1.82, 2.24) is 0 Å². The third-order valence-corrected chi connectivity index (χ3v) is 3.56. The third kappa shape index (κ3) is 2.59. The molecule has 2 N–H and O–H groups in total. The zero-order valence-electron chi connectivity index (χ0n) is 9.96. The molecular weight excluding hydrogens is 241 g/mol. The summed E-state index contributed by atoms with van der Waals surface area (Å²) in [5, 5.41) is 0. The fourth-order valence-corrected chi connectivity index (χ4v) is 2.68. The highest BCUT2D eigenvalue weighted by molar-refractivity contribution is 7.85. The zero-order valence-corrected chi connectivity index (χ0v) is 10.8. The number of nitrogens with two attached hydrogens (primary N) is 1. The van der Waals surface area contributed by atoms with Gasteiger partial charge in [0.15, 0.2) is 0 Å². The van der Waals surface area contributed by atoms with Crippen molar-refractivity contribution in [2.45, 2.75) is 26.5 Å². The number of nitrogen functional groups attached to an aromatic ring is 1. The summed E-state index contributed by atoms with van der Waals surface area (Å²) in [5.74, 6) is 1.77. The SMILES string of the molecule is C#Cc1c(C)c(N)c(C)c(CS(=O)(=O)F)c1C. The van der Waals surface area contributed by atoms with E-state index in [-0.39, 0.29) is 0 Å². The Labute approximate surface area is 101 Å². The van der Waals surface area contributed by atoms with Crippen molar-refractivity contribution >= 4 is 15.9 Å². The minimum Gasteiger partial charge on any atom is -0.398 e. The van der Waals surface area contributed by atoms with E-state index in [1.165, 1.54) is 0 Å². The third-order valence-electron chi connectivity index (χ3n) is 2.92. The van der Waals surface area contributed by atoms with Crippen molar-refractivity contribution in [3.8, 4) is 12.3 Å². The highest BCUT2D eigenvalue weighted by Gasteiger charge is 2.19. The largest absolute Gasteiger partial charge is 0.398 e. The van der Waals surface area contributed by atoms with Crippen LogP contribution in [0.2, 0.25) is 0 Å². The molecule has 0 heterocycles. The van der Waals surface area contributed by atoms with Gasteiger partial charge in [0, 0.05) is 11.3 Å². The molecular formula is C12H14FNO2S. The van der Waals surface area contributed by atoms with E-state index >= 15 is 0 Å². The molecule has 0 radical (unpaired) electrons. The number of halogens is 1. The highest BCUT2D eigenvalue weighted by Crippen LogP contribution is 2.30. The van der Waals surface area contributed by atoms with Crippen LogP contribution >= 0.6 is 0 Å². The fraction of sp³-hybridized carbons (Fsp3) is 0.333. The minimum absolute atomic E-state index is 0.351. The summed E-state index contributed by atoms with van der Waals surface area (Å²) in [5.41, 5.74) is 9.03. The molecule has 0 unspecified atom stereocenters. The first-order chi connectivity index (χ1) is 7.69. The number of hydrogen-bond donors (Lipinski definition) is 1. The van der Waals surface area contributed by atoms with E-state index in [9.17, 15) is 12.3 Å². The molecule has 0 aliphatic heterocycles. The predicted molar refractivity (Wildman–Crippen MR) is 66.7 cm³/mol. The standard InChI is InChI=1S/C12H14FNO2S/c1-5-10-7(2)11(6-17(13,15)16)9(4)12(14)8(10)3/h1H,6,14H2,2-4H3. The lowest BCUT2D eigenvalue weighted by atomic mass is 9.93. The van der Waals surface area contributed by atoms with Crippen molar-refractivity contribution < 1.29 is 12.3 Å². The summed E-state index contributed by atoms with van der Waals surface area (Å²) in [7, 11) is -4.60. The molecule has 0 atom stereocenters. The molecule has 0 spiro atoms. The van der Waals surface area contributed by atoms with Crippen LogP contribution in [-0.4, -0.2) is 8.42 Å². The van der Waals surface area contributed by atoms with Gasteiger partial charge in [-0.25, -0.2) is 0 Å². The molecule has 0 aliphatic rings. The minimum atomic E-state index is -4.60. The summed E-state index contributed by atoms with van der Waals surface area (Å²) < 4.78 is 34.3. The maximum absolute atomic E-state index is 12.8. The summed E-state index contributed by atoms with van der Waals surface area (Å²) in [6.07, 6.45) is 5.35. The van der Waals surface area contributed by atoms with Gasteiger partial charge in [0.1, 0.15) is 5.75 Å². The van der Waals surface area contributed by atoms with Gasteiger partial charge in [-0.3, -0.25) is 0 Å². The number of rotatable bonds is 2. The van der Waals surface area contributed by atoms with Gasteiger partial charge >= 0.3 is 10.2 Å². The number of benzene rings is 1. The van der Waals surface area contributed by atoms with Crippen LogP contribution in [0.15, 0.2) is 0 Å². The molecule has 0 bridgehead atoms. The Kier molecular flexibility index (Phi) is 3.48. The topological polar surface area (TPSA) is 60.2 Å². The van der Waals surface area contributed by atoms with E-state index < -0.39 is 16.0 Å². The Morgan fingerprint density at radius 1 is 1.24 bits per heavy atom. The average molecular weight is 255 g/mol. The summed E-state index contributed by atoms with van der Waals surface area (Å²) in [6.45, 7) is 5.10. The van der Waals surface area contributed by atoms with Gasteiger partial charge < -0.3 is 5.73 Å². The molecule has 0 aliphatic carbocycles. The van der Waals surface area contributed by atoms with E-state index in [1.807, 2.05) is 0 Å². The Morgan fingerprint density at radius 2 is 1.76 bits per heavy atom. The van der Waals surface area contributed by atoms with Gasteiger partial charge in [-0.2, -0.15) is 8.42 Å². The van der Waals surface area contributed by atoms with Crippen LogP contribution in [0.4, 0.5) is 9.57 Å². The molecule has 1 aromatic rings. The van der Waals surface area contributed by atoms with Crippen molar-refractivity contribution in [2.24, 2.45) is 0 Å². The second-order valence-corrected chi connectivity index (χ2v) is 5.34. The smallest absolute Gasteiger partial charge is 0.306 e. The quantitative estimate of drug-likeness (QED) is 0.499. The van der Waals surface area contributed by atoms with Crippen LogP contribution < -0.4 is 5.73 Å². The first-order valence-corrected chi connectivity index (χ1v) is 6.51. The number of hydrogen-bond acceptors (Lipinski definition) is 3. The molecule has 92 valence electrons. The summed E-state index contributed by atoms with van der Waals surface area (Å²) in [6, 6.07) is 0. The second-order valence-electron chi connectivity index (χ2n) is 3.97. The van der Waals surface area contributed by atoms with Gasteiger partial charge in [0.05, 0.1) is 0 Å². The number of terminal acetylenes is 1. The van der Waals surface area contributed by atoms with Crippen LogP contribution in [0.25, 0.3) is 0 Å². The van der Waals surface area contributed by atoms with Gasteiger partial charge in [-0.05, 0) is 43.0 Å². The molecule has 5 heteroatoms. The fourth-order valence-electron chi connectivity index (χ4n) is 1.90. The highest BCUT2D eigenvalue weighted by atomic mass is 32.3. The molecule has 0 saturated carbocycles. The maximum atomic E-state index is 12.8. The first kappa shape index (κ1) is 13.5. The summed E-state index contributed by atoms with van der Waals surface area (Å²) >= 11 is 0. The van der Waals surface area contributed by atoms with E-state index in [1.54, 1.807) is 20.8 Å². The summed E-state index contributed by atoms with van der Waals surface area (Å²) in [4.78, 5) is 0. The number of anilines is 1. The van der Waals surface area contributed by atoms with Crippen LogP contribution in [0.3, 0.4) is 0 Å². The lowest BCUT2D eigenvalue weighted by molar-refractivity contribution is 0.551. The van der Waals surface area contributed by atoms with E-state index in [0.717, 1.165) is 5.56 Å². The maximum Gasteiger partial charge on any atom is 0.306 e. The van der Waals surface area contributed by atoms with Crippen LogP contribution in [-0.2, 0) is 16.0 Å². The first-order valence-electron chi connectivity index (χ1n) is 4.96. The Hall–Kier alpha value is -1.54. The van der Waals surface area contributed by atoms with Crippen molar-refractivity contribution in [2.75, 3.05) is 5.73 Å². The van der Waals surface area contributed by atoms with Crippen LogP contribution in [0, 0.1) is 33.1 Å². The molecule has 1 aromatic carbocycles. The van der Waals surface area contributed by atoms with E-state index in [2.05, 4.69) is 5.92 Å². The lowest BCUT2D eigenvalue weighted by Gasteiger charge is -2.16. The second kappa shape index (κ2) is 4.38. The zero-order chi connectivity index (χ0) is 13.4. The van der Waals surface area contributed by atoms with Crippen molar-refractivity contribution in [3.05, 3.63) is 27.8 Å². The molecule has 0 aromatic heterocycles.